The van der Waals surface area contributed by atoms with Gasteiger partial charge in [0, 0.05) is 5.75 Å². The fourth-order valence-corrected chi connectivity index (χ4v) is 2.05. The Morgan fingerprint density at radius 3 is 2.94 bits per heavy atom. The first-order chi connectivity index (χ1) is 8.24. The first-order valence-corrected chi connectivity index (χ1v) is 6.44. The minimum atomic E-state index is 0.654. The summed E-state index contributed by atoms with van der Waals surface area (Å²) in [4.78, 5) is 4.21. The van der Waals surface area contributed by atoms with Crippen LogP contribution in [0.5, 0.6) is 5.75 Å². The molecule has 0 aliphatic rings. The van der Waals surface area contributed by atoms with Gasteiger partial charge in [-0.15, -0.1) is 5.10 Å². The lowest BCUT2D eigenvalue weighted by molar-refractivity contribution is 0.343. The third kappa shape index (κ3) is 3.78. The van der Waals surface area contributed by atoms with E-state index in [1.165, 1.54) is 5.56 Å². The Kier molecular flexibility index (Phi) is 4.03. The predicted molar refractivity (Wildman–Crippen MR) is 68.5 cm³/mol. The molecule has 0 radical (unpaired) electrons. The zero-order valence-corrected chi connectivity index (χ0v) is 10.8. The Morgan fingerprint density at radius 2 is 2.24 bits per heavy atom. The maximum atomic E-state index is 5.63. The molecule has 1 N–H and O–H groups in total. The highest BCUT2D eigenvalue weighted by molar-refractivity contribution is 7.99. The van der Waals surface area contributed by atoms with Gasteiger partial charge in [-0.25, -0.2) is 4.98 Å². The normalized spacial score (nSPS) is 10.5. The lowest BCUT2D eigenvalue weighted by Crippen LogP contribution is -2.00. The third-order valence-electron chi connectivity index (χ3n) is 2.15. The quantitative estimate of drug-likeness (QED) is 0.653. The molecule has 0 amide bonds. The number of nitrogens with zero attached hydrogens (tertiary/aromatic N) is 2. The Morgan fingerprint density at radius 1 is 1.35 bits per heavy atom. The summed E-state index contributed by atoms with van der Waals surface area (Å²) in [5.41, 5.74) is 1.21. The van der Waals surface area contributed by atoms with Gasteiger partial charge in [0.15, 0.2) is 0 Å². The van der Waals surface area contributed by atoms with Gasteiger partial charge in [0.2, 0.25) is 5.16 Å². The van der Waals surface area contributed by atoms with E-state index in [9.17, 15) is 0 Å². The average Bonchev–Trinajstić information content (AvgIpc) is 2.71. The fraction of sp³-hybridized carbons (Fsp3) is 0.333. The number of hydrogen-bond donors (Lipinski definition) is 1. The zero-order valence-electron chi connectivity index (χ0n) is 9.93. The molecule has 17 heavy (non-hydrogen) atoms. The smallest absolute Gasteiger partial charge is 0.208 e. The van der Waals surface area contributed by atoms with Gasteiger partial charge in [-0.05, 0) is 31.5 Å². The van der Waals surface area contributed by atoms with E-state index in [0.717, 1.165) is 22.5 Å². The molecule has 0 aliphatic heterocycles. The van der Waals surface area contributed by atoms with Crippen molar-refractivity contribution in [3.05, 3.63) is 35.7 Å². The molecule has 1 aromatic carbocycles. The molecule has 2 aromatic rings. The van der Waals surface area contributed by atoms with Crippen molar-refractivity contribution >= 4 is 11.8 Å². The van der Waals surface area contributed by atoms with Crippen LogP contribution in [0.15, 0.2) is 29.4 Å². The molecule has 0 fully saturated rings. The molecule has 0 unspecified atom stereocenters. The SMILES string of the molecule is Cc1cccc(OCCSc2n[nH]c(C)n2)c1. The molecule has 0 aliphatic carbocycles. The topological polar surface area (TPSA) is 50.8 Å². The van der Waals surface area contributed by atoms with Crippen molar-refractivity contribution in [3.8, 4) is 5.75 Å². The van der Waals surface area contributed by atoms with Crippen LogP contribution in [-0.2, 0) is 0 Å². The summed E-state index contributed by atoms with van der Waals surface area (Å²) in [6.07, 6.45) is 0. The summed E-state index contributed by atoms with van der Waals surface area (Å²) in [6.45, 7) is 4.60. The number of thioether (sulfide) groups is 1. The van der Waals surface area contributed by atoms with Crippen molar-refractivity contribution in [1.82, 2.24) is 15.2 Å². The molecule has 0 atom stereocenters. The number of ether oxygens (including phenoxy) is 1. The van der Waals surface area contributed by atoms with Gasteiger partial charge in [0.05, 0.1) is 6.61 Å². The van der Waals surface area contributed by atoms with Crippen molar-refractivity contribution in [2.45, 2.75) is 19.0 Å². The van der Waals surface area contributed by atoms with Gasteiger partial charge in [0.25, 0.3) is 0 Å². The van der Waals surface area contributed by atoms with Crippen LogP contribution >= 0.6 is 11.8 Å². The number of aromatic amines is 1. The van der Waals surface area contributed by atoms with E-state index in [-0.39, 0.29) is 0 Å². The van der Waals surface area contributed by atoms with Gasteiger partial charge in [-0.2, -0.15) is 0 Å². The van der Waals surface area contributed by atoms with E-state index in [1.807, 2.05) is 25.1 Å². The van der Waals surface area contributed by atoms with Gasteiger partial charge < -0.3 is 4.74 Å². The summed E-state index contributed by atoms with van der Waals surface area (Å²) >= 11 is 1.59. The molecule has 0 bridgehead atoms. The van der Waals surface area contributed by atoms with E-state index in [2.05, 4.69) is 28.2 Å². The minimum Gasteiger partial charge on any atom is -0.493 e. The number of hydrogen-bond acceptors (Lipinski definition) is 4. The number of rotatable bonds is 5. The monoisotopic (exact) mass is 249 g/mol. The number of nitrogens with one attached hydrogen (secondary N) is 1. The van der Waals surface area contributed by atoms with Crippen LogP contribution in [0, 0.1) is 13.8 Å². The number of benzene rings is 1. The van der Waals surface area contributed by atoms with Crippen LogP contribution in [0.3, 0.4) is 0 Å². The Bertz CT molecular complexity index is 484. The second-order valence-corrected chi connectivity index (χ2v) is 4.78. The largest absolute Gasteiger partial charge is 0.493 e. The average molecular weight is 249 g/mol. The molecule has 0 saturated heterocycles. The van der Waals surface area contributed by atoms with E-state index >= 15 is 0 Å². The molecule has 1 aromatic heterocycles. The molecular weight excluding hydrogens is 234 g/mol. The summed E-state index contributed by atoms with van der Waals surface area (Å²) in [7, 11) is 0. The lowest BCUT2D eigenvalue weighted by atomic mass is 10.2. The highest BCUT2D eigenvalue weighted by Crippen LogP contribution is 2.15. The van der Waals surface area contributed by atoms with E-state index in [4.69, 9.17) is 4.74 Å². The van der Waals surface area contributed by atoms with E-state index in [0.29, 0.717) is 6.61 Å². The van der Waals surface area contributed by atoms with Crippen LogP contribution in [0.25, 0.3) is 0 Å². The Hall–Kier alpha value is -1.49. The lowest BCUT2D eigenvalue weighted by Gasteiger charge is -2.05. The molecular formula is C12H15N3OS. The van der Waals surface area contributed by atoms with Crippen molar-refractivity contribution < 1.29 is 4.74 Å². The predicted octanol–water partition coefficient (Wildman–Crippen LogP) is 2.59. The van der Waals surface area contributed by atoms with Crippen molar-refractivity contribution in [1.29, 1.82) is 0 Å². The van der Waals surface area contributed by atoms with E-state index in [1.54, 1.807) is 11.8 Å². The van der Waals surface area contributed by atoms with E-state index < -0.39 is 0 Å². The summed E-state index contributed by atoms with van der Waals surface area (Å²) in [6, 6.07) is 8.05. The van der Waals surface area contributed by atoms with Crippen LogP contribution < -0.4 is 4.74 Å². The minimum absolute atomic E-state index is 0.654. The van der Waals surface area contributed by atoms with Crippen molar-refractivity contribution in [2.24, 2.45) is 0 Å². The molecule has 1 heterocycles. The second-order valence-electron chi connectivity index (χ2n) is 3.72. The second kappa shape index (κ2) is 5.72. The fourth-order valence-electron chi connectivity index (χ4n) is 1.38. The maximum absolute atomic E-state index is 5.63. The summed E-state index contributed by atoms with van der Waals surface area (Å²) < 4.78 is 5.63. The zero-order chi connectivity index (χ0) is 12.1. The van der Waals surface area contributed by atoms with Gasteiger partial charge in [-0.3, -0.25) is 5.10 Å². The van der Waals surface area contributed by atoms with Crippen molar-refractivity contribution in [3.63, 3.8) is 0 Å². The summed E-state index contributed by atoms with van der Waals surface area (Å²) in [5, 5.41) is 7.63. The molecule has 0 spiro atoms. The van der Waals surface area contributed by atoms with Crippen LogP contribution in [0.4, 0.5) is 0 Å². The Labute approximate surface area is 105 Å². The van der Waals surface area contributed by atoms with Gasteiger partial charge in [-0.1, -0.05) is 23.9 Å². The van der Waals surface area contributed by atoms with Crippen LogP contribution in [0.2, 0.25) is 0 Å². The maximum Gasteiger partial charge on any atom is 0.208 e. The molecule has 4 nitrogen and oxygen atoms in total. The number of aryl methyl sites for hydroxylation is 2. The highest BCUT2D eigenvalue weighted by Gasteiger charge is 2.00. The van der Waals surface area contributed by atoms with Gasteiger partial charge >= 0.3 is 0 Å². The molecule has 2 rings (SSSR count). The van der Waals surface area contributed by atoms with Crippen LogP contribution in [-0.4, -0.2) is 27.5 Å². The third-order valence-corrected chi connectivity index (χ3v) is 2.96. The first-order valence-electron chi connectivity index (χ1n) is 5.45. The first kappa shape index (κ1) is 12.0. The number of H-pyrrole nitrogens is 1. The molecule has 0 saturated carbocycles. The van der Waals surface area contributed by atoms with Crippen molar-refractivity contribution in [2.75, 3.05) is 12.4 Å². The molecule has 90 valence electrons. The summed E-state index contributed by atoms with van der Waals surface area (Å²) in [5.74, 6) is 2.59. The van der Waals surface area contributed by atoms with Gasteiger partial charge in [0.1, 0.15) is 11.6 Å². The Balaban J connectivity index is 1.73. The van der Waals surface area contributed by atoms with Crippen LogP contribution in [0.1, 0.15) is 11.4 Å². The number of aromatic nitrogens is 3. The highest BCUT2D eigenvalue weighted by atomic mass is 32.2. The standard InChI is InChI=1S/C12H15N3OS/c1-9-4-3-5-11(8-9)16-6-7-17-12-13-10(2)14-15-12/h3-5,8H,6-7H2,1-2H3,(H,13,14,15). The molecule has 5 heteroatoms.